The molecule has 2 bridgehead atoms. The van der Waals surface area contributed by atoms with E-state index in [0.717, 1.165) is 30.5 Å². The van der Waals surface area contributed by atoms with Gasteiger partial charge in [-0.15, -0.1) is 0 Å². The van der Waals surface area contributed by atoms with Gasteiger partial charge in [-0.1, -0.05) is 13.3 Å². The third-order valence-corrected chi connectivity index (χ3v) is 4.62. The molecule has 0 N–H and O–H groups in total. The minimum Gasteiger partial charge on any atom is -0.462 e. The van der Waals surface area contributed by atoms with Gasteiger partial charge in [0.15, 0.2) is 0 Å². The Morgan fingerprint density at radius 2 is 2.12 bits per heavy atom. The van der Waals surface area contributed by atoms with Gasteiger partial charge in [0.05, 0.1) is 12.3 Å². The molecular formula is C21H23FN2O2. The van der Waals surface area contributed by atoms with Crippen molar-refractivity contribution < 1.29 is 13.9 Å². The predicted molar refractivity (Wildman–Crippen MR) is 100 cm³/mol. The normalized spacial score (nSPS) is 17.3. The number of pyridine rings is 1. The predicted octanol–water partition coefficient (Wildman–Crippen LogP) is 5.20. The monoisotopic (exact) mass is 354 g/mol. The van der Waals surface area contributed by atoms with Crippen LogP contribution >= 0.6 is 0 Å². The molecule has 1 aliphatic heterocycles. The minimum absolute atomic E-state index is 0.300. The molecule has 0 aliphatic carbocycles. The van der Waals surface area contributed by atoms with Gasteiger partial charge >= 0.3 is 5.97 Å². The Kier molecular flexibility index (Phi) is 5.76. The van der Waals surface area contributed by atoms with Gasteiger partial charge in [-0.05, 0) is 68.0 Å². The highest BCUT2D eigenvalue weighted by Gasteiger charge is 2.17. The number of hydrogen-bond acceptors (Lipinski definition) is 4. The van der Waals surface area contributed by atoms with E-state index in [0.29, 0.717) is 35.9 Å². The highest BCUT2D eigenvalue weighted by molar-refractivity contribution is 6.37. The molecule has 1 atom stereocenters. The van der Waals surface area contributed by atoms with Crippen molar-refractivity contribution in [2.24, 2.45) is 4.99 Å². The summed E-state index contributed by atoms with van der Waals surface area (Å²) in [7, 11) is 0. The summed E-state index contributed by atoms with van der Waals surface area (Å²) in [6.45, 7) is 4.22. The van der Waals surface area contributed by atoms with E-state index in [2.05, 4.69) is 16.9 Å². The molecule has 0 saturated heterocycles. The third kappa shape index (κ3) is 4.15. The largest absolute Gasteiger partial charge is 0.462 e. The SMILES string of the molecule is CCOC(=O)C1=Nc2ccc(F)cc2-c2ccnc(c2)C(C)CCCC1. The first-order valence-electron chi connectivity index (χ1n) is 9.09. The molecule has 136 valence electrons. The van der Waals surface area contributed by atoms with E-state index < -0.39 is 5.97 Å². The van der Waals surface area contributed by atoms with Crippen LogP contribution in [0.1, 0.15) is 51.1 Å². The molecule has 2 heterocycles. The summed E-state index contributed by atoms with van der Waals surface area (Å²) in [6, 6.07) is 8.27. The molecule has 0 amide bonds. The quantitative estimate of drug-likeness (QED) is 0.697. The van der Waals surface area contributed by atoms with Crippen molar-refractivity contribution in [3.05, 3.63) is 48.0 Å². The fraction of sp³-hybridized carbons (Fsp3) is 0.381. The molecule has 3 rings (SSSR count). The van der Waals surface area contributed by atoms with Crippen molar-refractivity contribution in [2.75, 3.05) is 6.61 Å². The number of ether oxygens (including phenoxy) is 1. The smallest absolute Gasteiger partial charge is 0.352 e. The molecule has 1 aromatic heterocycles. The maximum absolute atomic E-state index is 13.9. The molecule has 0 saturated carbocycles. The third-order valence-electron chi connectivity index (χ3n) is 4.62. The molecule has 4 nitrogen and oxygen atoms in total. The molecule has 5 heteroatoms. The molecule has 0 fully saturated rings. The van der Waals surface area contributed by atoms with Crippen LogP contribution in [-0.2, 0) is 9.53 Å². The number of benzene rings is 1. The van der Waals surface area contributed by atoms with Crippen LogP contribution in [-0.4, -0.2) is 23.3 Å². The van der Waals surface area contributed by atoms with Crippen LogP contribution in [0.3, 0.4) is 0 Å². The highest BCUT2D eigenvalue weighted by Crippen LogP contribution is 2.34. The van der Waals surface area contributed by atoms with Crippen molar-refractivity contribution in [2.45, 2.75) is 45.4 Å². The van der Waals surface area contributed by atoms with E-state index in [-0.39, 0.29) is 5.82 Å². The number of halogens is 1. The lowest BCUT2D eigenvalue weighted by molar-refractivity contribution is -0.135. The first-order chi connectivity index (χ1) is 12.6. The van der Waals surface area contributed by atoms with Gasteiger partial charge in [0.1, 0.15) is 11.5 Å². The van der Waals surface area contributed by atoms with E-state index >= 15 is 0 Å². The second kappa shape index (κ2) is 8.21. The number of nitrogens with zero attached hydrogens (tertiary/aromatic N) is 2. The van der Waals surface area contributed by atoms with E-state index in [1.807, 2.05) is 12.1 Å². The molecule has 1 aliphatic rings. The van der Waals surface area contributed by atoms with E-state index in [1.54, 1.807) is 19.2 Å². The lowest BCUT2D eigenvalue weighted by atomic mass is 9.95. The minimum atomic E-state index is -0.400. The molecule has 0 radical (unpaired) electrons. The van der Waals surface area contributed by atoms with Gasteiger partial charge in [0.2, 0.25) is 0 Å². The summed E-state index contributed by atoms with van der Waals surface area (Å²) >= 11 is 0. The fourth-order valence-corrected chi connectivity index (χ4v) is 3.18. The maximum atomic E-state index is 13.9. The number of fused-ring (bicyclic) bond motifs is 4. The van der Waals surface area contributed by atoms with Gasteiger partial charge in [-0.2, -0.15) is 0 Å². The average Bonchev–Trinajstić information content (AvgIpc) is 2.64. The number of carbonyl (C=O) groups is 1. The lowest BCUT2D eigenvalue weighted by Crippen LogP contribution is -2.17. The van der Waals surface area contributed by atoms with Crippen LogP contribution in [0.2, 0.25) is 0 Å². The molecule has 2 aromatic rings. The summed E-state index contributed by atoms with van der Waals surface area (Å²) in [6.07, 6.45) is 5.09. The number of rotatable bonds is 2. The number of aromatic nitrogens is 1. The number of carbonyl (C=O) groups excluding carboxylic acids is 1. The fourth-order valence-electron chi connectivity index (χ4n) is 3.18. The number of aliphatic imine (C=N–C) groups is 1. The summed E-state index contributed by atoms with van der Waals surface area (Å²) < 4.78 is 19.1. The van der Waals surface area contributed by atoms with Crippen LogP contribution in [0, 0.1) is 5.82 Å². The first-order valence-corrected chi connectivity index (χ1v) is 9.09. The first kappa shape index (κ1) is 18.2. The molecular weight excluding hydrogens is 331 g/mol. The summed E-state index contributed by atoms with van der Waals surface area (Å²) in [4.78, 5) is 21.3. The summed E-state index contributed by atoms with van der Waals surface area (Å²) in [5.41, 5.74) is 3.46. The van der Waals surface area contributed by atoms with Gasteiger partial charge in [-0.25, -0.2) is 14.2 Å². The summed E-state index contributed by atoms with van der Waals surface area (Å²) in [5.74, 6) is -0.437. The zero-order valence-electron chi connectivity index (χ0n) is 15.2. The zero-order chi connectivity index (χ0) is 18.5. The molecule has 26 heavy (non-hydrogen) atoms. The Morgan fingerprint density at radius 3 is 2.92 bits per heavy atom. The van der Waals surface area contributed by atoms with Gasteiger partial charge in [-0.3, -0.25) is 4.98 Å². The Balaban J connectivity index is 2.15. The Morgan fingerprint density at radius 1 is 1.27 bits per heavy atom. The zero-order valence-corrected chi connectivity index (χ0v) is 15.2. The van der Waals surface area contributed by atoms with Gasteiger partial charge < -0.3 is 4.74 Å². The Hall–Kier alpha value is -2.56. The molecule has 0 spiro atoms. The second-order valence-corrected chi connectivity index (χ2v) is 6.56. The van der Waals surface area contributed by atoms with Crippen molar-refractivity contribution in [3.63, 3.8) is 0 Å². The van der Waals surface area contributed by atoms with Crippen LogP contribution in [0.25, 0.3) is 11.1 Å². The number of hydrogen-bond donors (Lipinski definition) is 0. The van der Waals surface area contributed by atoms with Gasteiger partial charge in [0, 0.05) is 17.5 Å². The topological polar surface area (TPSA) is 51.5 Å². The van der Waals surface area contributed by atoms with Crippen molar-refractivity contribution in [1.29, 1.82) is 0 Å². The van der Waals surface area contributed by atoms with Crippen LogP contribution in [0.4, 0.5) is 10.1 Å². The molecule has 1 unspecified atom stereocenters. The highest BCUT2D eigenvalue weighted by atomic mass is 19.1. The second-order valence-electron chi connectivity index (χ2n) is 6.56. The maximum Gasteiger partial charge on any atom is 0.352 e. The summed E-state index contributed by atoms with van der Waals surface area (Å²) in [5, 5.41) is 0. The van der Waals surface area contributed by atoms with Gasteiger partial charge in [0.25, 0.3) is 0 Å². The van der Waals surface area contributed by atoms with Crippen LogP contribution in [0.5, 0.6) is 0 Å². The number of esters is 1. The van der Waals surface area contributed by atoms with Crippen molar-refractivity contribution >= 4 is 17.4 Å². The van der Waals surface area contributed by atoms with E-state index in [4.69, 9.17) is 4.74 Å². The van der Waals surface area contributed by atoms with E-state index in [9.17, 15) is 9.18 Å². The van der Waals surface area contributed by atoms with Crippen LogP contribution in [0.15, 0.2) is 41.5 Å². The van der Waals surface area contributed by atoms with E-state index in [1.165, 1.54) is 12.1 Å². The lowest BCUT2D eigenvalue weighted by Gasteiger charge is -2.15. The molecule has 1 aromatic carbocycles. The van der Waals surface area contributed by atoms with Crippen molar-refractivity contribution in [1.82, 2.24) is 4.98 Å². The Bertz CT molecular complexity index is 833. The average molecular weight is 354 g/mol. The van der Waals surface area contributed by atoms with Crippen molar-refractivity contribution in [3.8, 4) is 11.1 Å². The Labute approximate surface area is 153 Å². The van der Waals surface area contributed by atoms with Crippen LogP contribution < -0.4 is 0 Å². The standard InChI is InChI=1S/C21H23FN2O2/c1-3-26-21(25)19-7-5-4-6-14(2)20-12-15(10-11-23-20)17-13-16(22)8-9-18(17)24-19/h8-14H,3-7H2,1-2H3.